The molecule has 2 heterocycles. The number of ketones is 2. The highest BCUT2D eigenvalue weighted by molar-refractivity contribution is 6.25. The highest BCUT2D eigenvalue weighted by Gasteiger charge is 2.50. The highest BCUT2D eigenvalue weighted by atomic mass is 16.1. The average molecular weight is 356 g/mol. The molecule has 2 aliphatic carbocycles. The first kappa shape index (κ1) is 16.3. The predicted molar refractivity (Wildman–Crippen MR) is 104 cm³/mol. The fourth-order valence-electron chi connectivity index (χ4n) is 4.84. The van der Waals surface area contributed by atoms with Crippen molar-refractivity contribution in [2.24, 2.45) is 16.3 Å². The maximum absolute atomic E-state index is 13.3. The normalized spacial score (nSPS) is 25.6. The SMILES string of the molecule is CC1(C)CC(=O)C2C(=NC3=C(C(=O)c4ccccc43)C2c2cccnc2)C1. The summed E-state index contributed by atoms with van der Waals surface area (Å²) in [5, 5.41) is 0. The molecule has 3 aliphatic rings. The molecule has 4 nitrogen and oxygen atoms in total. The van der Waals surface area contributed by atoms with Gasteiger partial charge in [0.25, 0.3) is 0 Å². The molecule has 0 saturated heterocycles. The van der Waals surface area contributed by atoms with Gasteiger partial charge in [0.2, 0.25) is 0 Å². The van der Waals surface area contributed by atoms with Gasteiger partial charge in [0, 0.05) is 47.1 Å². The van der Waals surface area contributed by atoms with E-state index in [1.54, 1.807) is 12.4 Å². The Hall–Kier alpha value is -2.88. The average Bonchev–Trinajstić information content (AvgIpc) is 2.92. The molecule has 134 valence electrons. The smallest absolute Gasteiger partial charge is 0.192 e. The maximum atomic E-state index is 13.3. The van der Waals surface area contributed by atoms with Crippen LogP contribution in [-0.4, -0.2) is 22.3 Å². The minimum Gasteiger partial charge on any atom is -0.299 e. The number of nitrogens with zero attached hydrogens (tertiary/aromatic N) is 2. The zero-order valence-electron chi connectivity index (χ0n) is 15.4. The number of carbonyl (C=O) groups excluding carboxylic acids is 2. The summed E-state index contributed by atoms with van der Waals surface area (Å²) in [6, 6.07) is 11.5. The zero-order chi connectivity index (χ0) is 18.8. The van der Waals surface area contributed by atoms with E-state index in [1.807, 2.05) is 36.4 Å². The Morgan fingerprint density at radius 1 is 0.963 bits per heavy atom. The van der Waals surface area contributed by atoms with Gasteiger partial charge in [-0.3, -0.25) is 19.6 Å². The van der Waals surface area contributed by atoms with Crippen LogP contribution in [0.3, 0.4) is 0 Å². The van der Waals surface area contributed by atoms with E-state index in [0.717, 1.165) is 29.0 Å². The lowest BCUT2D eigenvalue weighted by molar-refractivity contribution is -0.124. The second-order valence-corrected chi connectivity index (χ2v) is 8.47. The monoisotopic (exact) mass is 356 g/mol. The number of aliphatic imine (C=N–C) groups is 1. The zero-order valence-corrected chi connectivity index (χ0v) is 15.4. The topological polar surface area (TPSA) is 59.4 Å². The van der Waals surface area contributed by atoms with Crippen LogP contribution >= 0.6 is 0 Å². The van der Waals surface area contributed by atoms with Crippen LogP contribution in [0.25, 0.3) is 5.70 Å². The van der Waals surface area contributed by atoms with Crippen molar-refractivity contribution in [1.82, 2.24) is 4.98 Å². The summed E-state index contributed by atoms with van der Waals surface area (Å²) in [6.45, 7) is 4.22. The standard InChI is InChI=1S/C23H20N2O2/c1-23(2)10-16-19(17(26)11-23)18(13-6-5-9-24-12-13)20-21(25-16)14-7-3-4-8-15(14)22(20)27/h3-9,12,18-19H,10-11H2,1-2H3. The third-order valence-electron chi connectivity index (χ3n) is 5.89. The Labute approximate surface area is 158 Å². The van der Waals surface area contributed by atoms with Gasteiger partial charge in [0.1, 0.15) is 5.78 Å². The first-order valence-corrected chi connectivity index (χ1v) is 9.35. The summed E-state index contributed by atoms with van der Waals surface area (Å²) < 4.78 is 0. The van der Waals surface area contributed by atoms with E-state index < -0.39 is 0 Å². The summed E-state index contributed by atoms with van der Waals surface area (Å²) in [5.41, 5.74) is 4.70. The van der Waals surface area contributed by atoms with Crippen LogP contribution in [0.4, 0.5) is 0 Å². The van der Waals surface area contributed by atoms with E-state index in [2.05, 4.69) is 18.8 Å². The number of aromatic nitrogens is 1. The van der Waals surface area contributed by atoms with Crippen molar-refractivity contribution in [1.29, 1.82) is 0 Å². The largest absolute Gasteiger partial charge is 0.299 e. The first-order valence-electron chi connectivity index (χ1n) is 9.35. The number of carbonyl (C=O) groups is 2. The minimum absolute atomic E-state index is 0.00473. The third kappa shape index (κ3) is 2.36. The molecule has 2 aromatic rings. The molecule has 0 spiro atoms. The Morgan fingerprint density at radius 2 is 1.74 bits per heavy atom. The van der Waals surface area contributed by atoms with Crippen molar-refractivity contribution in [2.45, 2.75) is 32.6 Å². The lowest BCUT2D eigenvalue weighted by atomic mass is 9.63. The van der Waals surface area contributed by atoms with Crippen LogP contribution in [0.5, 0.6) is 0 Å². The van der Waals surface area contributed by atoms with Gasteiger partial charge in [-0.2, -0.15) is 0 Å². The van der Waals surface area contributed by atoms with Gasteiger partial charge in [-0.15, -0.1) is 0 Å². The van der Waals surface area contributed by atoms with Crippen molar-refractivity contribution in [2.75, 3.05) is 0 Å². The summed E-state index contributed by atoms with van der Waals surface area (Å²) in [7, 11) is 0. The molecule has 1 saturated carbocycles. The van der Waals surface area contributed by atoms with Crippen LogP contribution in [0, 0.1) is 11.3 Å². The molecular weight excluding hydrogens is 336 g/mol. The third-order valence-corrected chi connectivity index (χ3v) is 5.89. The van der Waals surface area contributed by atoms with Gasteiger partial charge in [-0.1, -0.05) is 44.2 Å². The number of hydrogen-bond donors (Lipinski definition) is 0. The number of pyridine rings is 1. The summed E-state index contributed by atoms with van der Waals surface area (Å²) in [4.78, 5) is 35.6. The van der Waals surface area contributed by atoms with E-state index in [1.165, 1.54) is 0 Å². The fraction of sp³-hybridized carbons (Fsp3) is 0.304. The molecule has 0 N–H and O–H groups in total. The molecule has 5 rings (SSSR count). The minimum atomic E-state index is -0.362. The van der Waals surface area contributed by atoms with Crippen molar-refractivity contribution in [3.63, 3.8) is 0 Å². The van der Waals surface area contributed by atoms with E-state index in [9.17, 15) is 9.59 Å². The lowest BCUT2D eigenvalue weighted by Crippen LogP contribution is -2.43. The molecule has 2 atom stereocenters. The fourth-order valence-corrected chi connectivity index (χ4v) is 4.84. The van der Waals surface area contributed by atoms with E-state index >= 15 is 0 Å². The predicted octanol–water partition coefficient (Wildman–Crippen LogP) is 4.23. The van der Waals surface area contributed by atoms with Crippen LogP contribution in [-0.2, 0) is 4.79 Å². The molecule has 1 fully saturated rings. The van der Waals surface area contributed by atoms with E-state index in [-0.39, 0.29) is 28.8 Å². The number of rotatable bonds is 1. The second kappa shape index (κ2) is 5.56. The van der Waals surface area contributed by atoms with Gasteiger partial charge in [-0.05, 0) is 23.5 Å². The molecule has 27 heavy (non-hydrogen) atoms. The van der Waals surface area contributed by atoms with Gasteiger partial charge >= 0.3 is 0 Å². The number of hydrogen-bond acceptors (Lipinski definition) is 4. The molecule has 0 radical (unpaired) electrons. The molecule has 0 bridgehead atoms. The van der Waals surface area contributed by atoms with E-state index in [4.69, 9.17) is 4.99 Å². The molecule has 4 heteroatoms. The lowest BCUT2D eigenvalue weighted by Gasteiger charge is -2.40. The molecular formula is C23H20N2O2. The number of fused-ring (bicyclic) bond motifs is 3. The molecule has 2 unspecified atom stereocenters. The number of allylic oxidation sites excluding steroid dienone is 1. The van der Waals surface area contributed by atoms with Gasteiger partial charge < -0.3 is 0 Å². The summed E-state index contributed by atoms with van der Waals surface area (Å²) in [6.07, 6.45) is 4.78. The maximum Gasteiger partial charge on any atom is 0.192 e. The van der Waals surface area contributed by atoms with Crippen molar-refractivity contribution >= 4 is 23.0 Å². The van der Waals surface area contributed by atoms with Gasteiger partial charge in [0.05, 0.1) is 11.6 Å². The van der Waals surface area contributed by atoms with Crippen LogP contribution in [0.1, 0.15) is 54.1 Å². The van der Waals surface area contributed by atoms with Gasteiger partial charge in [0.15, 0.2) is 5.78 Å². The van der Waals surface area contributed by atoms with Crippen molar-refractivity contribution in [3.8, 4) is 0 Å². The quantitative estimate of drug-likeness (QED) is 0.768. The molecule has 0 amide bonds. The highest BCUT2D eigenvalue weighted by Crippen LogP contribution is 2.51. The van der Waals surface area contributed by atoms with Crippen LogP contribution in [0.2, 0.25) is 0 Å². The van der Waals surface area contributed by atoms with Crippen LogP contribution < -0.4 is 0 Å². The van der Waals surface area contributed by atoms with Crippen LogP contribution in [0.15, 0.2) is 59.4 Å². The van der Waals surface area contributed by atoms with Gasteiger partial charge in [-0.25, -0.2) is 0 Å². The number of Topliss-reactive ketones (excluding diaryl/α,β-unsaturated/α-hetero) is 2. The van der Waals surface area contributed by atoms with E-state index in [0.29, 0.717) is 17.6 Å². The number of benzene rings is 1. The molecule has 1 aromatic heterocycles. The Kier molecular flexibility index (Phi) is 3.36. The first-order chi connectivity index (χ1) is 13.0. The molecule has 1 aliphatic heterocycles. The Bertz CT molecular complexity index is 1050. The Morgan fingerprint density at radius 3 is 2.48 bits per heavy atom. The summed E-state index contributed by atoms with van der Waals surface area (Å²) in [5.74, 6) is -0.493. The van der Waals surface area contributed by atoms with Crippen molar-refractivity contribution < 1.29 is 9.59 Å². The Balaban J connectivity index is 1.76. The van der Waals surface area contributed by atoms with Crippen molar-refractivity contribution in [3.05, 3.63) is 71.1 Å². The second-order valence-electron chi connectivity index (χ2n) is 8.47. The summed E-state index contributed by atoms with van der Waals surface area (Å²) >= 11 is 0. The molecule has 1 aromatic carbocycles.